The lowest BCUT2D eigenvalue weighted by molar-refractivity contribution is 0.106. The van der Waals surface area contributed by atoms with E-state index in [2.05, 4.69) is 10.3 Å². The second-order valence-corrected chi connectivity index (χ2v) is 6.73. The van der Waals surface area contributed by atoms with E-state index in [9.17, 15) is 0 Å². The van der Waals surface area contributed by atoms with Gasteiger partial charge in [-0.3, -0.25) is 0 Å². The molecule has 0 spiro atoms. The second-order valence-electron chi connectivity index (χ2n) is 6.73. The fraction of sp³-hybridized carbons (Fsp3) is 0.611. The molecule has 6 heteroatoms. The highest BCUT2D eigenvalue weighted by molar-refractivity contribution is 14.0. The Kier molecular flexibility index (Phi) is 6.60. The van der Waals surface area contributed by atoms with Crippen LogP contribution in [-0.4, -0.2) is 26.7 Å². The molecule has 3 N–H and O–H groups in total. The summed E-state index contributed by atoms with van der Waals surface area (Å²) in [7, 11) is 3.27. The minimum Gasteiger partial charge on any atom is -0.493 e. The zero-order chi connectivity index (χ0) is 16.3. The third kappa shape index (κ3) is 4.26. The highest BCUT2D eigenvalue weighted by atomic mass is 127. The van der Waals surface area contributed by atoms with Crippen molar-refractivity contribution in [3.8, 4) is 11.5 Å². The minimum absolute atomic E-state index is 0. The molecule has 0 unspecified atom stereocenters. The lowest BCUT2D eigenvalue weighted by Crippen LogP contribution is -2.45. The number of benzene rings is 1. The predicted octanol–water partition coefficient (Wildman–Crippen LogP) is 3.31. The van der Waals surface area contributed by atoms with Crippen LogP contribution in [0.4, 0.5) is 0 Å². The first-order valence-electron chi connectivity index (χ1n) is 8.41. The van der Waals surface area contributed by atoms with E-state index in [0.29, 0.717) is 23.7 Å². The number of nitrogens with one attached hydrogen (secondary N) is 1. The maximum atomic E-state index is 6.04. The first kappa shape index (κ1) is 19.1. The van der Waals surface area contributed by atoms with Gasteiger partial charge < -0.3 is 20.5 Å². The molecular formula is C18H28IN3O2. The Bertz CT molecular complexity index is 584. The first-order valence-corrected chi connectivity index (χ1v) is 8.41. The summed E-state index contributed by atoms with van der Waals surface area (Å²) in [5.74, 6) is 2.89. The van der Waals surface area contributed by atoms with E-state index in [1.54, 1.807) is 14.2 Å². The van der Waals surface area contributed by atoms with E-state index in [0.717, 1.165) is 23.8 Å². The molecule has 0 amide bonds. The van der Waals surface area contributed by atoms with Gasteiger partial charge in [0.25, 0.3) is 0 Å². The fourth-order valence-electron chi connectivity index (χ4n) is 3.53. The van der Waals surface area contributed by atoms with Crippen molar-refractivity contribution in [2.24, 2.45) is 22.1 Å². The van der Waals surface area contributed by atoms with Crippen LogP contribution >= 0.6 is 24.0 Å². The zero-order valence-electron chi connectivity index (χ0n) is 14.5. The number of aliphatic imine (C=N–C) groups is 1. The summed E-state index contributed by atoms with van der Waals surface area (Å²) in [6, 6.07) is 5.81. The highest BCUT2D eigenvalue weighted by Crippen LogP contribution is 2.56. The number of nitrogens with zero attached hydrogens (tertiary/aromatic N) is 1. The molecule has 0 aromatic heterocycles. The van der Waals surface area contributed by atoms with Crippen LogP contribution in [0.3, 0.4) is 0 Å². The van der Waals surface area contributed by atoms with Crippen LogP contribution in [0.2, 0.25) is 0 Å². The third-order valence-corrected chi connectivity index (χ3v) is 5.29. The van der Waals surface area contributed by atoms with Crippen LogP contribution in [0.5, 0.6) is 11.5 Å². The standard InChI is InChI=1S/C18H27N3O2.HI/c1-22-15-7-4-13(10-16(15)23-2)11-20-17(19)21-12-18(8-3-9-18)14-5-6-14;/h4,7,10,14H,3,5-6,8-9,11-12H2,1-2H3,(H3,19,20,21);1H. The molecule has 134 valence electrons. The molecule has 0 atom stereocenters. The molecular weight excluding hydrogens is 417 g/mol. The van der Waals surface area contributed by atoms with Gasteiger partial charge in [0.2, 0.25) is 0 Å². The molecule has 0 radical (unpaired) electrons. The number of guanidine groups is 1. The molecule has 0 bridgehead atoms. The topological polar surface area (TPSA) is 68.9 Å². The van der Waals surface area contributed by atoms with E-state index < -0.39 is 0 Å². The zero-order valence-corrected chi connectivity index (χ0v) is 16.8. The average Bonchev–Trinajstić information content (AvgIpc) is 3.36. The largest absolute Gasteiger partial charge is 0.493 e. The van der Waals surface area contributed by atoms with Crippen LogP contribution in [-0.2, 0) is 6.54 Å². The Labute approximate surface area is 161 Å². The normalized spacial score (nSPS) is 19.0. The Hall–Kier alpha value is -1.18. The number of hydrogen-bond donors (Lipinski definition) is 2. The number of ether oxygens (including phenoxy) is 2. The van der Waals surface area contributed by atoms with Gasteiger partial charge in [0.1, 0.15) is 0 Å². The Morgan fingerprint density at radius 2 is 1.96 bits per heavy atom. The van der Waals surface area contributed by atoms with Crippen molar-refractivity contribution < 1.29 is 9.47 Å². The predicted molar refractivity (Wildman–Crippen MR) is 107 cm³/mol. The summed E-state index contributed by atoms with van der Waals surface area (Å²) < 4.78 is 10.6. The van der Waals surface area contributed by atoms with Crippen molar-refractivity contribution in [3.63, 3.8) is 0 Å². The van der Waals surface area contributed by atoms with Gasteiger partial charge in [0, 0.05) is 6.54 Å². The van der Waals surface area contributed by atoms with Crippen molar-refractivity contribution in [2.75, 3.05) is 20.8 Å². The quantitative estimate of drug-likeness (QED) is 0.384. The highest BCUT2D eigenvalue weighted by Gasteiger charge is 2.48. The third-order valence-electron chi connectivity index (χ3n) is 5.29. The summed E-state index contributed by atoms with van der Waals surface area (Å²) in [4.78, 5) is 4.45. The van der Waals surface area contributed by atoms with Crippen LogP contribution in [0, 0.1) is 11.3 Å². The molecule has 0 heterocycles. The van der Waals surface area contributed by atoms with Gasteiger partial charge in [0.05, 0.1) is 20.8 Å². The molecule has 0 saturated heterocycles. The number of rotatable bonds is 7. The van der Waals surface area contributed by atoms with E-state index >= 15 is 0 Å². The first-order chi connectivity index (χ1) is 11.2. The van der Waals surface area contributed by atoms with Gasteiger partial charge in [-0.05, 0) is 54.7 Å². The molecule has 2 aliphatic rings. The maximum Gasteiger partial charge on any atom is 0.188 e. The lowest BCUT2D eigenvalue weighted by Gasteiger charge is -2.42. The van der Waals surface area contributed by atoms with E-state index in [4.69, 9.17) is 15.2 Å². The Balaban J connectivity index is 0.00000208. The number of nitrogens with two attached hydrogens (primary N) is 1. The molecule has 2 fully saturated rings. The smallest absolute Gasteiger partial charge is 0.188 e. The van der Waals surface area contributed by atoms with Crippen molar-refractivity contribution in [2.45, 2.75) is 38.6 Å². The summed E-state index contributed by atoms with van der Waals surface area (Å²) in [5, 5.41) is 3.34. The fourth-order valence-corrected chi connectivity index (χ4v) is 3.53. The monoisotopic (exact) mass is 445 g/mol. The lowest BCUT2D eigenvalue weighted by atomic mass is 9.65. The molecule has 24 heavy (non-hydrogen) atoms. The van der Waals surface area contributed by atoms with Gasteiger partial charge in [0.15, 0.2) is 17.5 Å². The number of hydrogen-bond acceptors (Lipinski definition) is 3. The average molecular weight is 445 g/mol. The molecule has 1 aromatic rings. The Morgan fingerprint density at radius 1 is 1.25 bits per heavy atom. The van der Waals surface area contributed by atoms with Crippen molar-refractivity contribution in [3.05, 3.63) is 23.8 Å². The van der Waals surface area contributed by atoms with Gasteiger partial charge in [-0.1, -0.05) is 12.5 Å². The molecule has 5 nitrogen and oxygen atoms in total. The summed E-state index contributed by atoms with van der Waals surface area (Å²) in [6.07, 6.45) is 6.83. The van der Waals surface area contributed by atoms with E-state index in [-0.39, 0.29) is 24.0 Å². The summed E-state index contributed by atoms with van der Waals surface area (Å²) in [5.41, 5.74) is 7.59. The van der Waals surface area contributed by atoms with Gasteiger partial charge in [-0.2, -0.15) is 0 Å². The van der Waals surface area contributed by atoms with Crippen LogP contribution in [0.1, 0.15) is 37.7 Å². The molecule has 1 aromatic carbocycles. The van der Waals surface area contributed by atoms with Crippen LogP contribution in [0.25, 0.3) is 0 Å². The summed E-state index contributed by atoms with van der Waals surface area (Å²) in [6.45, 7) is 1.51. The second kappa shape index (κ2) is 8.27. The maximum absolute atomic E-state index is 6.04. The van der Waals surface area contributed by atoms with Crippen LogP contribution in [0.15, 0.2) is 23.2 Å². The van der Waals surface area contributed by atoms with E-state index in [1.165, 1.54) is 32.1 Å². The molecule has 2 aliphatic carbocycles. The van der Waals surface area contributed by atoms with Crippen molar-refractivity contribution in [1.29, 1.82) is 0 Å². The molecule has 2 saturated carbocycles. The van der Waals surface area contributed by atoms with Gasteiger partial charge in [-0.15, -0.1) is 24.0 Å². The van der Waals surface area contributed by atoms with Gasteiger partial charge in [-0.25, -0.2) is 4.99 Å². The number of halogens is 1. The molecule has 3 rings (SSSR count). The number of methoxy groups -OCH3 is 2. The van der Waals surface area contributed by atoms with Crippen LogP contribution < -0.4 is 20.5 Å². The summed E-state index contributed by atoms with van der Waals surface area (Å²) >= 11 is 0. The van der Waals surface area contributed by atoms with Gasteiger partial charge >= 0.3 is 0 Å². The molecule has 0 aliphatic heterocycles. The SMILES string of the molecule is COc1ccc(CN=C(N)NCC2(C3CC3)CCC2)cc1OC.I. The van der Waals surface area contributed by atoms with E-state index in [1.807, 2.05) is 18.2 Å². The minimum atomic E-state index is 0. The Morgan fingerprint density at radius 3 is 2.50 bits per heavy atom. The van der Waals surface area contributed by atoms with Crippen molar-refractivity contribution >= 4 is 29.9 Å². The van der Waals surface area contributed by atoms with Crippen molar-refractivity contribution in [1.82, 2.24) is 5.32 Å².